The van der Waals surface area contributed by atoms with Gasteiger partial charge in [-0.2, -0.15) is 5.10 Å². The molecule has 0 saturated heterocycles. The smallest absolute Gasteiger partial charge is 0.271 e. The summed E-state index contributed by atoms with van der Waals surface area (Å²) in [5.74, 6) is -0.533. The zero-order valence-corrected chi connectivity index (χ0v) is 18.2. The van der Waals surface area contributed by atoms with E-state index in [1.54, 1.807) is 6.21 Å². The van der Waals surface area contributed by atoms with Crippen LogP contribution >= 0.6 is 11.6 Å². The molecule has 1 atom stereocenters. The molecule has 3 aromatic carbocycles. The molecule has 160 valence electrons. The molecule has 0 heterocycles. The van der Waals surface area contributed by atoms with Gasteiger partial charge in [-0.1, -0.05) is 42.6 Å². The van der Waals surface area contributed by atoms with Gasteiger partial charge in [-0.3, -0.25) is 4.79 Å². The molecular weight excluding hydrogens is 434 g/mol. The first-order chi connectivity index (χ1) is 15.0. The van der Waals surface area contributed by atoms with Gasteiger partial charge in [0.15, 0.2) is 4.90 Å². The zero-order chi connectivity index (χ0) is 21.8. The number of benzene rings is 3. The molecule has 3 N–H and O–H groups in total. The van der Waals surface area contributed by atoms with Crippen molar-refractivity contribution in [2.24, 2.45) is 5.10 Å². The van der Waals surface area contributed by atoms with Crippen LogP contribution in [0.15, 0.2) is 64.6 Å². The molecule has 1 fully saturated rings. The van der Waals surface area contributed by atoms with Gasteiger partial charge in [-0.05, 0) is 54.6 Å². The second-order valence-corrected chi connectivity index (χ2v) is 9.05. The van der Waals surface area contributed by atoms with Crippen molar-refractivity contribution in [1.29, 1.82) is 0 Å². The van der Waals surface area contributed by atoms with Crippen LogP contribution in [-0.4, -0.2) is 27.8 Å². The molecule has 1 unspecified atom stereocenters. The normalized spacial score (nSPS) is 15.5. The van der Waals surface area contributed by atoms with Gasteiger partial charge in [-0.15, -0.1) is 4.72 Å². The van der Waals surface area contributed by atoms with Crippen LogP contribution in [0.4, 0.5) is 0 Å². The second kappa shape index (κ2) is 9.70. The highest BCUT2D eigenvalue weighted by Crippen LogP contribution is 2.27. The Morgan fingerprint density at radius 2 is 1.87 bits per heavy atom. The van der Waals surface area contributed by atoms with E-state index in [1.165, 1.54) is 31.0 Å². The number of carbonyl (C=O) groups is 1. The van der Waals surface area contributed by atoms with Gasteiger partial charge >= 0.3 is 0 Å². The second-order valence-electron chi connectivity index (χ2n) is 7.43. The average Bonchev–Trinajstić information content (AvgIpc) is 3.28. The number of hydrogen-bond donors (Lipinski definition) is 3. The third-order valence-electron chi connectivity index (χ3n) is 5.33. The summed E-state index contributed by atoms with van der Waals surface area (Å²) in [6.07, 6.45) is 6.01. The lowest BCUT2D eigenvalue weighted by Gasteiger charge is -2.17. The van der Waals surface area contributed by atoms with Crippen molar-refractivity contribution in [3.05, 3.63) is 70.7 Å². The first kappa shape index (κ1) is 21.6. The fourth-order valence-corrected chi connectivity index (χ4v) is 5.12. The van der Waals surface area contributed by atoms with Gasteiger partial charge in [0.2, 0.25) is 0 Å². The highest BCUT2D eigenvalue weighted by atomic mass is 35.5. The maximum Gasteiger partial charge on any atom is 0.271 e. The van der Waals surface area contributed by atoms with E-state index in [1.807, 2.05) is 36.4 Å². The molecule has 8 heteroatoms. The molecule has 1 aliphatic carbocycles. The number of hydrogen-bond acceptors (Lipinski definition) is 5. The van der Waals surface area contributed by atoms with Crippen LogP contribution in [0.1, 0.15) is 41.6 Å². The number of amides is 1. The van der Waals surface area contributed by atoms with E-state index in [2.05, 4.69) is 15.2 Å². The van der Waals surface area contributed by atoms with Crippen LogP contribution in [0, 0.1) is 0 Å². The largest absolute Gasteiger partial charge is 0.593 e. The number of nitrogens with one attached hydrogen (secondary N) is 2. The summed E-state index contributed by atoms with van der Waals surface area (Å²) >= 11 is 4.55. The summed E-state index contributed by atoms with van der Waals surface area (Å²) in [5.41, 5.74) is 3.54. The standard InChI is InChI=1S/C23H22ClN3O3S/c24-20-13-15(9-11-21(20)28)23(29)26-25-14-16-10-12-22(19-8-4-3-7-18(16)19)31(30)27-17-5-1-2-6-17/h3-4,7-14,17,27-28H,1-2,5-6H2,(H,26,29)/b25-14+. The predicted octanol–water partition coefficient (Wildman–Crippen LogP) is 4.52. The van der Waals surface area contributed by atoms with Crippen molar-refractivity contribution in [2.75, 3.05) is 0 Å². The fraction of sp³-hybridized carbons (Fsp3) is 0.217. The Balaban J connectivity index is 1.52. The molecular formula is C23H22ClN3O3S. The fourth-order valence-electron chi connectivity index (χ4n) is 3.70. The van der Waals surface area contributed by atoms with Crippen molar-refractivity contribution in [3.8, 4) is 5.75 Å². The SMILES string of the molecule is O=C(N/N=C/c1ccc([S+]([O-])NC2CCCC2)c2ccccc12)c1ccc(O)c(Cl)c1. The number of phenolic OH excluding ortho intramolecular Hbond substituents is 1. The van der Waals surface area contributed by atoms with Gasteiger partial charge in [0, 0.05) is 16.5 Å². The molecule has 3 aromatic rings. The lowest BCUT2D eigenvalue weighted by atomic mass is 10.1. The van der Waals surface area contributed by atoms with Crippen LogP contribution in [-0.2, 0) is 11.4 Å². The number of phenols is 1. The molecule has 4 rings (SSSR count). The van der Waals surface area contributed by atoms with E-state index in [4.69, 9.17) is 11.6 Å². The van der Waals surface area contributed by atoms with Crippen LogP contribution in [0.3, 0.4) is 0 Å². The van der Waals surface area contributed by atoms with Crippen molar-refractivity contribution < 1.29 is 14.5 Å². The summed E-state index contributed by atoms with van der Waals surface area (Å²) in [7, 11) is 0. The van der Waals surface area contributed by atoms with Crippen molar-refractivity contribution in [2.45, 2.75) is 36.6 Å². The lowest BCUT2D eigenvalue weighted by molar-refractivity contribution is 0.0955. The molecule has 0 radical (unpaired) electrons. The summed E-state index contributed by atoms with van der Waals surface area (Å²) in [6, 6.07) is 15.9. The summed E-state index contributed by atoms with van der Waals surface area (Å²) < 4.78 is 16.2. The molecule has 0 aromatic heterocycles. The minimum absolute atomic E-state index is 0.0897. The van der Waals surface area contributed by atoms with Gasteiger partial charge in [0.1, 0.15) is 5.75 Å². The minimum atomic E-state index is -1.30. The van der Waals surface area contributed by atoms with Gasteiger partial charge < -0.3 is 9.66 Å². The predicted molar refractivity (Wildman–Crippen MR) is 124 cm³/mol. The highest BCUT2D eigenvalue weighted by molar-refractivity contribution is 7.89. The van der Waals surface area contributed by atoms with Gasteiger partial charge in [0.05, 0.1) is 28.6 Å². The van der Waals surface area contributed by atoms with E-state index in [-0.39, 0.29) is 16.3 Å². The number of carbonyl (C=O) groups excluding carboxylic acids is 1. The summed E-state index contributed by atoms with van der Waals surface area (Å²) in [6.45, 7) is 0. The molecule has 1 amide bonds. The highest BCUT2D eigenvalue weighted by Gasteiger charge is 2.23. The molecule has 1 saturated carbocycles. The summed E-state index contributed by atoms with van der Waals surface area (Å²) in [5, 5.41) is 15.4. The Labute approximate surface area is 188 Å². The van der Waals surface area contributed by atoms with Gasteiger partial charge in [0.25, 0.3) is 5.91 Å². The maximum absolute atomic E-state index is 12.9. The molecule has 0 aliphatic heterocycles. The van der Waals surface area contributed by atoms with Crippen LogP contribution in [0.5, 0.6) is 5.75 Å². The van der Waals surface area contributed by atoms with E-state index >= 15 is 0 Å². The molecule has 0 spiro atoms. The topological polar surface area (TPSA) is 96.8 Å². The Kier molecular flexibility index (Phi) is 6.77. The van der Waals surface area contributed by atoms with Crippen molar-refractivity contribution in [3.63, 3.8) is 0 Å². The van der Waals surface area contributed by atoms with Crippen LogP contribution in [0.25, 0.3) is 10.8 Å². The van der Waals surface area contributed by atoms with Crippen LogP contribution in [0.2, 0.25) is 5.02 Å². The molecule has 1 aliphatic rings. The Bertz CT molecular complexity index is 1130. The number of aromatic hydroxyl groups is 1. The summed E-state index contributed by atoms with van der Waals surface area (Å²) in [4.78, 5) is 13.0. The van der Waals surface area contributed by atoms with Crippen molar-refractivity contribution in [1.82, 2.24) is 10.1 Å². The number of rotatable bonds is 6. The Morgan fingerprint density at radius 3 is 2.61 bits per heavy atom. The van der Waals surface area contributed by atoms with E-state index < -0.39 is 17.3 Å². The first-order valence-electron chi connectivity index (χ1n) is 10.0. The zero-order valence-electron chi connectivity index (χ0n) is 16.7. The Morgan fingerprint density at radius 1 is 1.13 bits per heavy atom. The number of fused-ring (bicyclic) bond motifs is 1. The maximum atomic E-state index is 12.9. The number of hydrazone groups is 1. The quantitative estimate of drug-likeness (QED) is 0.289. The third kappa shape index (κ3) is 5.02. The van der Waals surface area contributed by atoms with Crippen LogP contribution < -0.4 is 10.1 Å². The monoisotopic (exact) mass is 455 g/mol. The van der Waals surface area contributed by atoms with E-state index in [9.17, 15) is 14.5 Å². The number of nitrogens with zero attached hydrogens (tertiary/aromatic N) is 1. The van der Waals surface area contributed by atoms with Gasteiger partial charge in [-0.25, -0.2) is 5.43 Å². The average molecular weight is 456 g/mol. The van der Waals surface area contributed by atoms with Crippen molar-refractivity contribution >= 4 is 45.9 Å². The first-order valence-corrected chi connectivity index (χ1v) is 11.6. The minimum Gasteiger partial charge on any atom is -0.593 e. The lowest BCUT2D eigenvalue weighted by Crippen LogP contribution is -2.32. The molecule has 0 bridgehead atoms. The van der Waals surface area contributed by atoms with E-state index in [0.717, 1.165) is 34.1 Å². The van der Waals surface area contributed by atoms with E-state index in [0.29, 0.717) is 6.04 Å². The molecule has 31 heavy (non-hydrogen) atoms. The number of halogens is 1. The molecule has 6 nitrogen and oxygen atoms in total. The third-order valence-corrected chi connectivity index (χ3v) is 6.93. The Hall–Kier alpha value is -2.58.